The van der Waals surface area contributed by atoms with Crippen molar-refractivity contribution in [2.24, 2.45) is 0 Å². The number of nitrogens with zero attached hydrogens (tertiary/aromatic N) is 2. The molecule has 0 spiro atoms. The third-order valence-electron chi connectivity index (χ3n) is 4.65. The van der Waals surface area contributed by atoms with Gasteiger partial charge in [-0.3, -0.25) is 9.69 Å². The monoisotopic (exact) mass is 328 g/mol. The average Bonchev–Trinajstić information content (AvgIpc) is 2.61. The van der Waals surface area contributed by atoms with Crippen LogP contribution in [0.4, 0.5) is 5.69 Å². The van der Waals surface area contributed by atoms with Crippen molar-refractivity contribution in [3.8, 4) is 0 Å². The molecule has 2 rings (SSSR count). The molecular weight excluding hydrogens is 300 g/mol. The second-order valence-corrected chi connectivity index (χ2v) is 6.39. The number of ketones is 1. The predicted molar refractivity (Wildman–Crippen MR) is 99.9 cm³/mol. The Balaban J connectivity index is 2.38. The zero-order valence-electron chi connectivity index (χ0n) is 14.8. The van der Waals surface area contributed by atoms with E-state index in [9.17, 15) is 4.79 Å². The summed E-state index contributed by atoms with van der Waals surface area (Å²) in [6, 6.07) is 7.80. The van der Waals surface area contributed by atoms with E-state index in [1.54, 1.807) is 0 Å². The number of carbonyl (C=O) groups is 1. The van der Waals surface area contributed by atoms with Crippen molar-refractivity contribution in [1.82, 2.24) is 4.90 Å². The van der Waals surface area contributed by atoms with Crippen molar-refractivity contribution in [3.05, 3.63) is 55.1 Å². The highest BCUT2D eigenvalue weighted by molar-refractivity contribution is 6.03. The zero-order valence-corrected chi connectivity index (χ0v) is 14.8. The molecule has 1 fully saturated rings. The molecule has 0 radical (unpaired) electrons. The summed E-state index contributed by atoms with van der Waals surface area (Å²) in [5.74, 6) is 0.134. The number of anilines is 1. The molecule has 0 N–H and O–H groups in total. The third-order valence-corrected chi connectivity index (χ3v) is 4.65. The van der Waals surface area contributed by atoms with Crippen LogP contribution in [0.1, 0.15) is 23.2 Å². The Hall–Kier alpha value is -1.91. The molecule has 1 aliphatic heterocycles. The maximum Gasteiger partial charge on any atom is 0.183 e. The number of morpholine rings is 1. The smallest absolute Gasteiger partial charge is 0.183 e. The minimum absolute atomic E-state index is 0.134. The van der Waals surface area contributed by atoms with E-state index < -0.39 is 5.54 Å². The fourth-order valence-corrected chi connectivity index (χ4v) is 3.32. The number of benzene rings is 1. The van der Waals surface area contributed by atoms with Crippen LogP contribution in [0.3, 0.4) is 0 Å². The van der Waals surface area contributed by atoms with E-state index in [1.807, 2.05) is 55.4 Å². The lowest BCUT2D eigenvalue weighted by atomic mass is 9.81. The lowest BCUT2D eigenvalue weighted by Crippen LogP contribution is -2.57. The van der Waals surface area contributed by atoms with Crippen LogP contribution in [0.25, 0.3) is 0 Å². The summed E-state index contributed by atoms with van der Waals surface area (Å²) in [5.41, 5.74) is 1.19. The molecule has 24 heavy (non-hydrogen) atoms. The maximum absolute atomic E-state index is 13.4. The van der Waals surface area contributed by atoms with E-state index in [-0.39, 0.29) is 5.78 Å². The Morgan fingerprint density at radius 3 is 2.17 bits per heavy atom. The van der Waals surface area contributed by atoms with Crippen molar-refractivity contribution in [2.45, 2.75) is 18.4 Å². The molecule has 1 aliphatic rings. The van der Waals surface area contributed by atoms with E-state index in [2.05, 4.69) is 18.1 Å². The number of rotatable bonds is 8. The summed E-state index contributed by atoms with van der Waals surface area (Å²) >= 11 is 0. The van der Waals surface area contributed by atoms with Gasteiger partial charge >= 0.3 is 0 Å². The summed E-state index contributed by atoms with van der Waals surface area (Å²) < 4.78 is 5.47. The topological polar surface area (TPSA) is 32.8 Å². The van der Waals surface area contributed by atoms with Gasteiger partial charge in [-0.05, 0) is 37.1 Å². The molecule has 0 atom stereocenters. The number of ether oxygens (including phenoxy) is 1. The molecule has 0 aromatic heterocycles. The standard InChI is InChI=1S/C20H28N2O2/c1-5-11-20(12-6-2,22-13-15-24-16-14-22)19(23)17-7-9-18(10-8-17)21(3)4/h5-10H,1-2,11-16H2,3-4H3. The predicted octanol–water partition coefficient (Wildman–Crippen LogP) is 3.16. The second-order valence-electron chi connectivity index (χ2n) is 6.39. The zero-order chi connectivity index (χ0) is 17.6. The van der Waals surface area contributed by atoms with Crippen LogP contribution in [0.5, 0.6) is 0 Å². The molecule has 1 aromatic carbocycles. The fraction of sp³-hybridized carbons (Fsp3) is 0.450. The lowest BCUT2D eigenvalue weighted by molar-refractivity contribution is -0.0134. The number of carbonyl (C=O) groups excluding carboxylic acids is 1. The van der Waals surface area contributed by atoms with Gasteiger partial charge in [0.05, 0.1) is 18.8 Å². The highest BCUT2D eigenvalue weighted by Crippen LogP contribution is 2.31. The molecule has 130 valence electrons. The van der Waals surface area contributed by atoms with Gasteiger partial charge in [-0.15, -0.1) is 13.2 Å². The highest BCUT2D eigenvalue weighted by atomic mass is 16.5. The van der Waals surface area contributed by atoms with Gasteiger partial charge in [0.1, 0.15) is 0 Å². The number of Topliss-reactive ketones (excluding diaryl/α,β-unsaturated/α-hetero) is 1. The van der Waals surface area contributed by atoms with Gasteiger partial charge in [-0.25, -0.2) is 0 Å². The summed E-state index contributed by atoms with van der Waals surface area (Å²) in [6.45, 7) is 10.6. The molecule has 4 heteroatoms. The minimum atomic E-state index is -0.618. The van der Waals surface area contributed by atoms with Gasteiger partial charge in [-0.1, -0.05) is 12.2 Å². The third kappa shape index (κ3) is 3.77. The quantitative estimate of drug-likeness (QED) is 0.542. The molecule has 0 saturated carbocycles. The maximum atomic E-state index is 13.4. The van der Waals surface area contributed by atoms with Crippen LogP contribution in [0.15, 0.2) is 49.6 Å². The first-order valence-corrected chi connectivity index (χ1v) is 8.42. The second kappa shape index (κ2) is 8.27. The minimum Gasteiger partial charge on any atom is -0.379 e. The first kappa shape index (κ1) is 18.4. The number of hydrogen-bond acceptors (Lipinski definition) is 4. The van der Waals surface area contributed by atoms with E-state index in [1.165, 1.54) is 0 Å². The SMILES string of the molecule is C=CCC(CC=C)(C(=O)c1ccc(N(C)C)cc1)N1CCOCC1. The molecule has 0 unspecified atom stereocenters. The van der Waals surface area contributed by atoms with Gasteiger partial charge in [0.25, 0.3) is 0 Å². The van der Waals surface area contributed by atoms with Gasteiger partial charge < -0.3 is 9.64 Å². The molecule has 1 aromatic rings. The fourth-order valence-electron chi connectivity index (χ4n) is 3.32. The van der Waals surface area contributed by atoms with Gasteiger partial charge in [0.2, 0.25) is 0 Å². The molecule has 0 bridgehead atoms. The van der Waals surface area contributed by atoms with Crippen LogP contribution in [0, 0.1) is 0 Å². The normalized spacial score (nSPS) is 15.8. The Labute approximate surface area is 145 Å². The average molecular weight is 328 g/mol. The highest BCUT2D eigenvalue weighted by Gasteiger charge is 2.42. The molecule has 0 aliphatic carbocycles. The summed E-state index contributed by atoms with van der Waals surface area (Å²) in [7, 11) is 3.98. The van der Waals surface area contributed by atoms with E-state index in [0.717, 1.165) is 24.3 Å². The van der Waals surface area contributed by atoms with Crippen LogP contribution < -0.4 is 4.90 Å². The lowest BCUT2D eigenvalue weighted by Gasteiger charge is -2.44. The van der Waals surface area contributed by atoms with Gasteiger partial charge in [-0.2, -0.15) is 0 Å². The van der Waals surface area contributed by atoms with Crippen molar-refractivity contribution in [2.75, 3.05) is 45.3 Å². The summed E-state index contributed by atoms with van der Waals surface area (Å²) in [6.07, 6.45) is 4.89. The van der Waals surface area contributed by atoms with Crippen molar-refractivity contribution in [1.29, 1.82) is 0 Å². The van der Waals surface area contributed by atoms with Crippen LogP contribution in [0.2, 0.25) is 0 Å². The molecular formula is C20H28N2O2. The largest absolute Gasteiger partial charge is 0.379 e. The van der Waals surface area contributed by atoms with Crippen LogP contribution in [-0.2, 0) is 4.74 Å². The van der Waals surface area contributed by atoms with Crippen molar-refractivity contribution in [3.63, 3.8) is 0 Å². The first-order valence-electron chi connectivity index (χ1n) is 8.42. The van der Waals surface area contributed by atoms with E-state index >= 15 is 0 Å². The first-order chi connectivity index (χ1) is 11.5. The van der Waals surface area contributed by atoms with E-state index in [0.29, 0.717) is 26.1 Å². The molecule has 0 amide bonds. The van der Waals surface area contributed by atoms with Crippen LogP contribution in [-0.4, -0.2) is 56.6 Å². The van der Waals surface area contributed by atoms with Crippen LogP contribution >= 0.6 is 0 Å². The Morgan fingerprint density at radius 2 is 1.71 bits per heavy atom. The number of hydrogen-bond donors (Lipinski definition) is 0. The Kier molecular flexibility index (Phi) is 6.35. The van der Waals surface area contributed by atoms with Gasteiger partial charge in [0, 0.05) is 38.4 Å². The van der Waals surface area contributed by atoms with Crippen molar-refractivity contribution >= 4 is 11.5 Å². The molecule has 1 saturated heterocycles. The molecule has 4 nitrogen and oxygen atoms in total. The summed E-state index contributed by atoms with van der Waals surface area (Å²) in [4.78, 5) is 17.7. The van der Waals surface area contributed by atoms with Crippen molar-refractivity contribution < 1.29 is 9.53 Å². The summed E-state index contributed by atoms with van der Waals surface area (Å²) in [5, 5.41) is 0. The Morgan fingerprint density at radius 1 is 1.17 bits per heavy atom. The Bertz CT molecular complexity index is 562. The molecule has 1 heterocycles. The van der Waals surface area contributed by atoms with E-state index in [4.69, 9.17) is 4.74 Å². The van der Waals surface area contributed by atoms with Gasteiger partial charge in [0.15, 0.2) is 5.78 Å².